The number of fused-ring (bicyclic) bond motifs is 1. The Labute approximate surface area is 122 Å². The molecule has 2 N–H and O–H groups in total. The number of aromatic nitrogens is 2. The number of H-pyrrole nitrogens is 1. The number of rotatable bonds is 3. The van der Waals surface area contributed by atoms with Gasteiger partial charge in [-0.3, -0.25) is 5.32 Å². The van der Waals surface area contributed by atoms with Crippen molar-refractivity contribution >= 4 is 33.7 Å². The Bertz CT molecular complexity index is 666. The molecule has 0 aliphatic rings. The van der Waals surface area contributed by atoms with Crippen molar-refractivity contribution in [3.8, 4) is 6.19 Å². The van der Waals surface area contributed by atoms with E-state index < -0.39 is 0 Å². The summed E-state index contributed by atoms with van der Waals surface area (Å²) in [6, 6.07) is 5.79. The lowest BCUT2D eigenvalue weighted by Gasteiger charge is -1.99. The molecule has 1 aromatic carbocycles. The largest absolute Gasteiger partial charge is 0.342 e. The summed E-state index contributed by atoms with van der Waals surface area (Å²) in [5.41, 5.74) is 2.71. The maximum atomic E-state index is 8.63. The molecule has 104 valence electrons. The van der Waals surface area contributed by atoms with Gasteiger partial charge < -0.3 is 4.98 Å². The number of nitrogens with zero attached hydrogens (tertiary/aromatic N) is 3. The van der Waals surface area contributed by atoms with Gasteiger partial charge in [0.25, 0.3) is 0 Å². The molecule has 0 saturated heterocycles. The number of aliphatic imine (C=N–C) groups is 1. The lowest BCUT2D eigenvalue weighted by Crippen LogP contribution is -2.12. The molecule has 0 unspecified atom stereocenters. The van der Waals surface area contributed by atoms with Crippen molar-refractivity contribution in [1.82, 2.24) is 15.3 Å². The number of nitrogens with one attached hydrogen (secondary N) is 2. The Morgan fingerprint density at radius 1 is 1.55 bits per heavy atom. The van der Waals surface area contributed by atoms with E-state index in [9.17, 15) is 0 Å². The molecule has 0 atom stereocenters. The first-order valence-corrected chi connectivity index (χ1v) is 7.61. The molecule has 5 nitrogen and oxygen atoms in total. The highest BCUT2D eigenvalue weighted by Crippen LogP contribution is 2.21. The van der Waals surface area contributed by atoms with Crippen LogP contribution in [0.15, 0.2) is 23.2 Å². The predicted molar refractivity (Wildman–Crippen MR) is 84.0 cm³/mol. The van der Waals surface area contributed by atoms with E-state index in [1.807, 2.05) is 30.6 Å². The highest BCUT2D eigenvalue weighted by Gasteiger charge is 2.06. The molecule has 6 heteroatoms. The summed E-state index contributed by atoms with van der Waals surface area (Å²) in [4.78, 5) is 12.3. The van der Waals surface area contributed by atoms with Gasteiger partial charge in [0.05, 0.1) is 16.7 Å². The van der Waals surface area contributed by atoms with E-state index in [4.69, 9.17) is 5.26 Å². The maximum Gasteiger partial charge on any atom is 0.183 e. The zero-order valence-corrected chi connectivity index (χ0v) is 12.6. The summed E-state index contributed by atoms with van der Waals surface area (Å²) in [7, 11) is 0. The van der Waals surface area contributed by atoms with Crippen LogP contribution in [-0.2, 0) is 6.42 Å². The van der Waals surface area contributed by atoms with Gasteiger partial charge in [-0.1, -0.05) is 25.6 Å². The first-order valence-electron chi connectivity index (χ1n) is 6.38. The number of amidine groups is 1. The summed E-state index contributed by atoms with van der Waals surface area (Å²) in [6.45, 7) is 4.34. The lowest BCUT2D eigenvalue weighted by molar-refractivity contribution is 0.627. The van der Waals surface area contributed by atoms with E-state index in [1.54, 1.807) is 0 Å². The SMILES string of the molecule is CSC(=Nc1ccc2nc(CC(C)C)[nH]c2c1)NC#N. The average Bonchev–Trinajstić information content (AvgIpc) is 2.78. The smallest absolute Gasteiger partial charge is 0.183 e. The molecule has 0 aliphatic heterocycles. The summed E-state index contributed by atoms with van der Waals surface area (Å²) < 4.78 is 0. The topological polar surface area (TPSA) is 76.9 Å². The monoisotopic (exact) mass is 287 g/mol. The van der Waals surface area contributed by atoms with Crippen molar-refractivity contribution in [3.05, 3.63) is 24.0 Å². The third-order valence-electron chi connectivity index (χ3n) is 2.70. The third-order valence-corrected chi connectivity index (χ3v) is 3.28. The van der Waals surface area contributed by atoms with Crippen LogP contribution >= 0.6 is 11.8 Å². The zero-order valence-electron chi connectivity index (χ0n) is 11.8. The van der Waals surface area contributed by atoms with Crippen LogP contribution in [-0.4, -0.2) is 21.4 Å². The second-order valence-corrected chi connectivity index (χ2v) is 5.64. The summed E-state index contributed by atoms with van der Waals surface area (Å²) in [5, 5.41) is 11.8. The van der Waals surface area contributed by atoms with Crippen LogP contribution in [0, 0.1) is 17.4 Å². The molecular weight excluding hydrogens is 270 g/mol. The minimum absolute atomic E-state index is 0.566. The van der Waals surface area contributed by atoms with E-state index in [2.05, 4.69) is 34.1 Å². The maximum absolute atomic E-state index is 8.63. The number of nitriles is 1. The Kier molecular flexibility index (Phi) is 4.64. The van der Waals surface area contributed by atoms with Crippen molar-refractivity contribution < 1.29 is 0 Å². The van der Waals surface area contributed by atoms with Crippen molar-refractivity contribution in [3.63, 3.8) is 0 Å². The number of thioether (sulfide) groups is 1. The molecular formula is C14H17N5S. The highest BCUT2D eigenvalue weighted by molar-refractivity contribution is 8.13. The Morgan fingerprint density at radius 3 is 3.00 bits per heavy atom. The summed E-state index contributed by atoms with van der Waals surface area (Å²) in [5.74, 6) is 1.56. The van der Waals surface area contributed by atoms with Gasteiger partial charge in [0.2, 0.25) is 0 Å². The van der Waals surface area contributed by atoms with Gasteiger partial charge in [-0.15, -0.1) is 0 Å². The van der Waals surface area contributed by atoms with Crippen LogP contribution in [0.3, 0.4) is 0 Å². The van der Waals surface area contributed by atoms with Gasteiger partial charge in [-0.2, -0.15) is 5.26 Å². The standard InChI is InChI=1S/C14H17N5S/c1-9(2)6-13-18-11-5-4-10(7-12(11)19-13)17-14(20-3)16-8-15/h4-5,7,9H,6H2,1-3H3,(H,16,17)(H,18,19). The van der Waals surface area contributed by atoms with Gasteiger partial charge in [0.15, 0.2) is 11.4 Å². The molecule has 1 heterocycles. The van der Waals surface area contributed by atoms with E-state index in [1.165, 1.54) is 11.8 Å². The van der Waals surface area contributed by atoms with Crippen LogP contribution in [0.25, 0.3) is 11.0 Å². The highest BCUT2D eigenvalue weighted by atomic mass is 32.2. The number of hydrogen-bond acceptors (Lipinski definition) is 4. The van der Waals surface area contributed by atoms with Crippen LogP contribution in [0.1, 0.15) is 19.7 Å². The fraction of sp³-hybridized carbons (Fsp3) is 0.357. The molecule has 0 amide bonds. The minimum atomic E-state index is 0.566. The van der Waals surface area contributed by atoms with Gasteiger partial charge in [0.1, 0.15) is 5.82 Å². The van der Waals surface area contributed by atoms with Gasteiger partial charge in [0, 0.05) is 6.42 Å². The fourth-order valence-electron chi connectivity index (χ4n) is 1.89. The first kappa shape index (κ1) is 14.4. The molecule has 0 radical (unpaired) electrons. The van der Waals surface area contributed by atoms with E-state index in [-0.39, 0.29) is 0 Å². The van der Waals surface area contributed by atoms with Crippen molar-refractivity contribution in [2.75, 3.05) is 6.26 Å². The molecule has 0 saturated carbocycles. The van der Waals surface area contributed by atoms with E-state index in [0.29, 0.717) is 11.1 Å². The minimum Gasteiger partial charge on any atom is -0.342 e. The van der Waals surface area contributed by atoms with Crippen LogP contribution < -0.4 is 5.32 Å². The van der Waals surface area contributed by atoms with Gasteiger partial charge in [-0.05, 0) is 30.4 Å². The molecule has 0 fully saturated rings. The number of hydrogen-bond donors (Lipinski definition) is 2. The second-order valence-electron chi connectivity index (χ2n) is 4.84. The normalized spacial score (nSPS) is 11.8. The van der Waals surface area contributed by atoms with Crippen molar-refractivity contribution in [2.45, 2.75) is 20.3 Å². The van der Waals surface area contributed by atoms with Crippen molar-refractivity contribution in [2.24, 2.45) is 10.9 Å². The fourth-order valence-corrected chi connectivity index (χ4v) is 2.24. The van der Waals surface area contributed by atoms with E-state index >= 15 is 0 Å². The first-order chi connectivity index (χ1) is 9.62. The molecule has 0 bridgehead atoms. The second kappa shape index (κ2) is 6.44. The zero-order chi connectivity index (χ0) is 14.5. The molecule has 0 spiro atoms. The van der Waals surface area contributed by atoms with Crippen LogP contribution in [0.4, 0.5) is 5.69 Å². The molecule has 0 aliphatic carbocycles. The summed E-state index contributed by atoms with van der Waals surface area (Å²) >= 11 is 1.40. The van der Waals surface area contributed by atoms with Crippen LogP contribution in [0.5, 0.6) is 0 Å². The summed E-state index contributed by atoms with van der Waals surface area (Å²) in [6.07, 6.45) is 4.68. The molecule has 2 rings (SSSR count). The number of imidazole rings is 1. The molecule has 2 aromatic rings. The number of benzene rings is 1. The third kappa shape index (κ3) is 3.52. The average molecular weight is 287 g/mol. The Balaban J connectivity index is 2.31. The van der Waals surface area contributed by atoms with Crippen molar-refractivity contribution in [1.29, 1.82) is 5.26 Å². The lowest BCUT2D eigenvalue weighted by atomic mass is 10.1. The predicted octanol–water partition coefficient (Wildman–Crippen LogP) is 3.18. The van der Waals surface area contributed by atoms with Crippen LogP contribution in [0.2, 0.25) is 0 Å². The quantitative estimate of drug-likeness (QED) is 0.393. The Morgan fingerprint density at radius 2 is 2.35 bits per heavy atom. The van der Waals surface area contributed by atoms with Gasteiger partial charge in [-0.25, -0.2) is 9.98 Å². The number of aromatic amines is 1. The van der Waals surface area contributed by atoms with E-state index in [0.717, 1.165) is 29.0 Å². The molecule has 1 aromatic heterocycles. The molecule has 20 heavy (non-hydrogen) atoms. The Hall–Kier alpha value is -2.00. The van der Waals surface area contributed by atoms with Gasteiger partial charge >= 0.3 is 0 Å².